The fraction of sp³-hybridized carbons (Fsp3) is 0.556. The maximum absolute atomic E-state index is 12.1. The van der Waals surface area contributed by atoms with Gasteiger partial charge in [-0.1, -0.05) is 12.1 Å². The van der Waals surface area contributed by atoms with E-state index in [9.17, 15) is 14.7 Å². The number of hydrogen-bond donors (Lipinski definition) is 3. The summed E-state index contributed by atoms with van der Waals surface area (Å²) < 4.78 is 5.68. The van der Waals surface area contributed by atoms with Crippen LogP contribution in [0.4, 0.5) is 10.5 Å². The summed E-state index contributed by atoms with van der Waals surface area (Å²) in [6.45, 7) is 7.44. The minimum absolute atomic E-state index is 0.00383. The van der Waals surface area contributed by atoms with Crippen LogP contribution in [-0.4, -0.2) is 53.3 Å². The van der Waals surface area contributed by atoms with Crippen LogP contribution in [-0.2, 0) is 9.53 Å². The number of benzene rings is 1. The summed E-state index contributed by atoms with van der Waals surface area (Å²) in [7, 11) is 0. The maximum atomic E-state index is 12.1. The lowest BCUT2D eigenvalue weighted by Gasteiger charge is -2.42. The van der Waals surface area contributed by atoms with Gasteiger partial charge in [0.05, 0.1) is 12.6 Å². The zero-order chi connectivity index (χ0) is 18.6. The van der Waals surface area contributed by atoms with Crippen LogP contribution in [0, 0.1) is 0 Å². The van der Waals surface area contributed by atoms with Crippen molar-refractivity contribution in [3.05, 3.63) is 29.8 Å². The van der Waals surface area contributed by atoms with E-state index in [2.05, 4.69) is 10.6 Å². The summed E-state index contributed by atoms with van der Waals surface area (Å²) in [5.41, 5.74) is 1.52. The second-order valence-corrected chi connectivity index (χ2v) is 6.75. The molecule has 2 unspecified atom stereocenters. The number of aliphatic hydroxyl groups excluding tert-OH is 1. The molecule has 3 N–H and O–H groups in total. The number of nitrogens with one attached hydrogen (secondary N) is 2. The van der Waals surface area contributed by atoms with Crippen LogP contribution in [0.5, 0.6) is 0 Å². The molecule has 0 radical (unpaired) electrons. The molecule has 138 valence electrons. The van der Waals surface area contributed by atoms with Gasteiger partial charge >= 0.3 is 6.03 Å². The summed E-state index contributed by atoms with van der Waals surface area (Å²) in [5, 5.41) is 15.3. The molecular weight excluding hydrogens is 322 g/mol. The van der Waals surface area contributed by atoms with Crippen LogP contribution in [0.25, 0.3) is 0 Å². The molecule has 2 atom stereocenters. The lowest BCUT2D eigenvalue weighted by molar-refractivity contribution is -0.164. The minimum atomic E-state index is -0.427. The largest absolute Gasteiger partial charge is 0.394 e. The van der Waals surface area contributed by atoms with Crippen LogP contribution < -0.4 is 10.6 Å². The van der Waals surface area contributed by atoms with Crippen molar-refractivity contribution in [2.24, 2.45) is 0 Å². The number of carbonyl (C=O) groups is 2. The van der Waals surface area contributed by atoms with Gasteiger partial charge in [-0.25, -0.2) is 4.79 Å². The molecule has 25 heavy (non-hydrogen) atoms. The Kier molecular flexibility index (Phi) is 6.39. The summed E-state index contributed by atoms with van der Waals surface area (Å²) in [4.78, 5) is 25.5. The standard InChI is InChI=1S/C18H27N3O4/c1-11(2)19-18(24)20-14-7-5-13(6-8-14)17-15(9-22)21(12(3)4)16(23)10-25-17/h5-8,11-12,15,17,22H,9-10H2,1-4H3,(H2,19,20,24). The average molecular weight is 349 g/mol. The molecule has 1 saturated heterocycles. The normalized spacial score (nSPS) is 20.9. The zero-order valence-corrected chi connectivity index (χ0v) is 15.2. The number of aliphatic hydroxyl groups is 1. The Labute approximate surface area is 148 Å². The van der Waals surface area contributed by atoms with Gasteiger partial charge in [0.1, 0.15) is 12.7 Å². The van der Waals surface area contributed by atoms with E-state index in [1.807, 2.05) is 39.8 Å². The van der Waals surface area contributed by atoms with Crippen LogP contribution in [0.2, 0.25) is 0 Å². The summed E-state index contributed by atoms with van der Waals surface area (Å²) >= 11 is 0. The van der Waals surface area contributed by atoms with Crippen LogP contribution in [0.1, 0.15) is 39.4 Å². The Hall–Kier alpha value is -2.12. The van der Waals surface area contributed by atoms with E-state index in [-0.39, 0.29) is 37.2 Å². The molecule has 1 aliphatic heterocycles. The second kappa shape index (κ2) is 8.31. The molecule has 1 heterocycles. The molecule has 0 saturated carbocycles. The summed E-state index contributed by atoms with van der Waals surface area (Å²) in [6, 6.07) is 6.59. The molecule has 0 aromatic heterocycles. The van der Waals surface area contributed by atoms with Crippen LogP contribution in [0.15, 0.2) is 24.3 Å². The first-order chi connectivity index (χ1) is 11.8. The van der Waals surface area contributed by atoms with Gasteiger partial charge in [0.2, 0.25) is 5.91 Å². The molecule has 7 nitrogen and oxygen atoms in total. The molecule has 7 heteroatoms. The number of morpholine rings is 1. The van der Waals surface area contributed by atoms with E-state index in [1.54, 1.807) is 17.0 Å². The molecule has 1 aromatic carbocycles. The molecule has 0 bridgehead atoms. The van der Waals surface area contributed by atoms with Crippen molar-refractivity contribution in [2.45, 2.75) is 51.9 Å². The van der Waals surface area contributed by atoms with Gasteiger partial charge in [0.15, 0.2) is 0 Å². The number of carbonyl (C=O) groups excluding carboxylic acids is 2. The van der Waals surface area contributed by atoms with Gasteiger partial charge in [-0.3, -0.25) is 4.79 Å². The molecule has 0 spiro atoms. The Balaban J connectivity index is 2.12. The van der Waals surface area contributed by atoms with Gasteiger partial charge in [-0.2, -0.15) is 0 Å². The second-order valence-electron chi connectivity index (χ2n) is 6.75. The molecule has 1 aromatic rings. The van der Waals surface area contributed by atoms with E-state index in [0.717, 1.165) is 5.56 Å². The Morgan fingerprint density at radius 3 is 2.44 bits per heavy atom. The highest BCUT2D eigenvalue weighted by Gasteiger charge is 2.38. The summed E-state index contributed by atoms with van der Waals surface area (Å²) in [5.74, 6) is -0.117. The highest BCUT2D eigenvalue weighted by Crippen LogP contribution is 2.30. The predicted octanol–water partition coefficient (Wildman–Crippen LogP) is 1.89. The van der Waals surface area contributed by atoms with Gasteiger partial charge in [-0.15, -0.1) is 0 Å². The van der Waals surface area contributed by atoms with Crippen molar-refractivity contribution in [1.29, 1.82) is 0 Å². The van der Waals surface area contributed by atoms with Gasteiger partial charge < -0.3 is 25.4 Å². The minimum Gasteiger partial charge on any atom is -0.394 e. The van der Waals surface area contributed by atoms with Crippen LogP contribution >= 0.6 is 0 Å². The first kappa shape index (κ1) is 19.2. The number of urea groups is 1. The van der Waals surface area contributed by atoms with E-state index in [4.69, 9.17) is 4.74 Å². The predicted molar refractivity (Wildman–Crippen MR) is 95.3 cm³/mol. The van der Waals surface area contributed by atoms with Gasteiger partial charge in [0, 0.05) is 17.8 Å². The van der Waals surface area contributed by atoms with Crippen molar-refractivity contribution in [3.8, 4) is 0 Å². The maximum Gasteiger partial charge on any atom is 0.319 e. The monoisotopic (exact) mass is 349 g/mol. The number of amides is 3. The van der Waals surface area contributed by atoms with Gasteiger partial charge in [-0.05, 0) is 45.4 Å². The number of hydrogen-bond acceptors (Lipinski definition) is 4. The molecule has 2 rings (SSSR count). The smallest absolute Gasteiger partial charge is 0.319 e. The Bertz CT molecular complexity index is 601. The molecule has 1 aliphatic rings. The van der Waals surface area contributed by atoms with E-state index >= 15 is 0 Å². The topological polar surface area (TPSA) is 90.9 Å². The van der Waals surface area contributed by atoms with Gasteiger partial charge in [0.25, 0.3) is 0 Å². The van der Waals surface area contributed by atoms with Crippen molar-refractivity contribution in [3.63, 3.8) is 0 Å². The quantitative estimate of drug-likeness (QED) is 0.757. The number of nitrogens with zero attached hydrogens (tertiary/aromatic N) is 1. The first-order valence-electron chi connectivity index (χ1n) is 8.54. The van der Waals surface area contributed by atoms with E-state index in [1.165, 1.54) is 0 Å². The molecule has 0 aliphatic carbocycles. The van der Waals surface area contributed by atoms with Crippen molar-refractivity contribution in [2.75, 3.05) is 18.5 Å². The van der Waals surface area contributed by atoms with E-state index in [0.29, 0.717) is 5.69 Å². The lowest BCUT2D eigenvalue weighted by Crippen LogP contribution is -2.55. The van der Waals surface area contributed by atoms with E-state index < -0.39 is 12.1 Å². The number of ether oxygens (including phenoxy) is 1. The third-order valence-corrected chi connectivity index (χ3v) is 4.04. The fourth-order valence-electron chi connectivity index (χ4n) is 3.04. The molecule has 1 fully saturated rings. The zero-order valence-electron chi connectivity index (χ0n) is 15.2. The van der Waals surface area contributed by atoms with Crippen molar-refractivity contribution >= 4 is 17.6 Å². The highest BCUT2D eigenvalue weighted by atomic mass is 16.5. The number of rotatable bonds is 5. The lowest BCUT2D eigenvalue weighted by atomic mass is 9.98. The number of anilines is 1. The first-order valence-corrected chi connectivity index (χ1v) is 8.54. The van der Waals surface area contributed by atoms with Crippen molar-refractivity contribution < 1.29 is 19.4 Å². The SMILES string of the molecule is CC(C)NC(=O)Nc1ccc(C2OCC(=O)N(C(C)C)C2CO)cc1. The molecular formula is C18H27N3O4. The summed E-state index contributed by atoms with van der Waals surface area (Å²) in [6.07, 6.45) is -0.399. The van der Waals surface area contributed by atoms with Crippen molar-refractivity contribution in [1.82, 2.24) is 10.2 Å². The average Bonchev–Trinajstić information content (AvgIpc) is 2.54. The Morgan fingerprint density at radius 1 is 1.28 bits per heavy atom. The Morgan fingerprint density at radius 2 is 1.92 bits per heavy atom. The fourth-order valence-corrected chi connectivity index (χ4v) is 3.04. The highest BCUT2D eigenvalue weighted by molar-refractivity contribution is 5.89. The van der Waals surface area contributed by atoms with Crippen LogP contribution in [0.3, 0.4) is 0 Å². The third kappa shape index (κ3) is 4.70. The molecule has 3 amide bonds. The third-order valence-electron chi connectivity index (χ3n) is 4.04.